The zero-order valence-electron chi connectivity index (χ0n) is 35.3. The first-order valence-corrected chi connectivity index (χ1v) is 22.1. The molecule has 0 radical (unpaired) electrons. The summed E-state index contributed by atoms with van der Waals surface area (Å²) >= 11 is 0. The lowest BCUT2D eigenvalue weighted by Crippen LogP contribution is -2.14. The third-order valence-electron chi connectivity index (χ3n) is 14.2. The highest BCUT2D eigenvalue weighted by Crippen LogP contribution is 2.50. The highest BCUT2D eigenvalue weighted by atomic mass is 14.4. The van der Waals surface area contributed by atoms with Crippen LogP contribution in [-0.2, 0) is 5.41 Å². The van der Waals surface area contributed by atoms with Crippen molar-refractivity contribution < 1.29 is 0 Å². The van der Waals surface area contributed by atoms with Gasteiger partial charge in [0, 0.05) is 5.41 Å². The van der Waals surface area contributed by atoms with Crippen molar-refractivity contribution in [1.29, 1.82) is 0 Å². The normalized spacial score (nSPS) is 13.0. The van der Waals surface area contributed by atoms with E-state index in [1.165, 1.54) is 131 Å². The molecule has 0 aromatic heterocycles. The van der Waals surface area contributed by atoms with E-state index in [4.69, 9.17) is 0 Å². The average Bonchev–Trinajstić information content (AvgIpc) is 3.57. The van der Waals surface area contributed by atoms with Crippen LogP contribution >= 0.6 is 0 Å². The van der Waals surface area contributed by atoms with E-state index in [0.717, 1.165) is 0 Å². The van der Waals surface area contributed by atoms with Gasteiger partial charge in [0.2, 0.25) is 0 Å². The van der Waals surface area contributed by atoms with Crippen molar-refractivity contribution in [1.82, 2.24) is 0 Å². The van der Waals surface area contributed by atoms with E-state index >= 15 is 0 Å². The maximum absolute atomic E-state index is 2.43. The molecule has 13 rings (SSSR count). The molecule has 0 heteroatoms. The summed E-state index contributed by atoms with van der Waals surface area (Å²) in [6, 6.07) is 81.8. The van der Waals surface area contributed by atoms with E-state index in [1.807, 2.05) is 0 Å². The molecule has 1 aliphatic carbocycles. The molecule has 0 bridgehead atoms. The molecule has 0 atom stereocenters. The van der Waals surface area contributed by atoms with Crippen molar-refractivity contribution in [2.24, 2.45) is 0 Å². The number of fused-ring (bicyclic) bond motifs is 12. The lowest BCUT2D eigenvalue weighted by molar-refractivity contribution is 0.660. The smallest absolute Gasteiger partial charge is 0.0159 e. The van der Waals surface area contributed by atoms with E-state index in [9.17, 15) is 0 Å². The van der Waals surface area contributed by atoms with Crippen LogP contribution < -0.4 is 0 Å². The van der Waals surface area contributed by atoms with E-state index in [2.05, 4.69) is 232 Å². The van der Waals surface area contributed by atoms with Crippen LogP contribution in [0.25, 0.3) is 120 Å². The minimum Gasteiger partial charge on any atom is -0.0619 e. The molecule has 1 aliphatic rings. The molecular formula is C63H42. The van der Waals surface area contributed by atoms with E-state index in [0.29, 0.717) is 0 Å². The van der Waals surface area contributed by atoms with Gasteiger partial charge in [-0.3, -0.25) is 0 Å². The second kappa shape index (κ2) is 13.6. The minimum absolute atomic E-state index is 0.0293. The summed E-state index contributed by atoms with van der Waals surface area (Å²) in [6.45, 7) is 4.72. The monoisotopic (exact) mass is 798 g/mol. The predicted octanol–water partition coefficient (Wildman–Crippen LogP) is 17.6. The maximum atomic E-state index is 2.43. The van der Waals surface area contributed by atoms with Crippen molar-refractivity contribution >= 4 is 64.6 Å². The molecule has 0 amide bonds. The first-order chi connectivity index (χ1) is 30.9. The Morgan fingerprint density at radius 3 is 1.40 bits per heavy atom. The van der Waals surface area contributed by atoms with Crippen molar-refractivity contribution in [2.45, 2.75) is 19.3 Å². The Labute approximate surface area is 367 Å². The van der Waals surface area contributed by atoms with E-state index in [1.54, 1.807) is 0 Å². The van der Waals surface area contributed by atoms with Crippen LogP contribution in [0.1, 0.15) is 25.0 Å². The molecule has 0 saturated carbocycles. The topological polar surface area (TPSA) is 0 Å². The number of rotatable bonds is 4. The quantitative estimate of drug-likeness (QED) is 0.156. The van der Waals surface area contributed by atoms with Crippen LogP contribution in [0.2, 0.25) is 0 Å². The van der Waals surface area contributed by atoms with E-state index < -0.39 is 0 Å². The molecule has 0 aliphatic heterocycles. The number of hydrogen-bond donors (Lipinski definition) is 0. The molecule has 0 heterocycles. The molecule has 0 N–H and O–H groups in total. The van der Waals surface area contributed by atoms with Gasteiger partial charge in [0.25, 0.3) is 0 Å². The van der Waals surface area contributed by atoms with Crippen LogP contribution in [0.5, 0.6) is 0 Å². The van der Waals surface area contributed by atoms with E-state index in [-0.39, 0.29) is 5.41 Å². The Kier molecular flexibility index (Phi) is 7.75. The fraction of sp³-hybridized carbons (Fsp3) is 0.0476. The molecule has 0 saturated heterocycles. The summed E-state index contributed by atoms with van der Waals surface area (Å²) in [5.41, 5.74) is 15.4. The second-order valence-corrected chi connectivity index (χ2v) is 18.1. The standard InChI is InChI=1S/C63H42/c1-63(2)61-17-8-7-16-56(61)57-31-28-48(38-62(57)63)47-21-19-40-27-29-54-55(59(40)36-47)30-26-39-18-20-46(35-58(39)54)45-25-24-43-32-42(22-23-44(43)33-45)41-11-9-12-49(34-41)60-37-50-10-3-4-13-51(50)52-14-5-6-15-53(52)60/h3-38H,1-2H3. The van der Waals surface area contributed by atoms with Gasteiger partial charge in [-0.15, -0.1) is 0 Å². The predicted molar refractivity (Wildman–Crippen MR) is 271 cm³/mol. The van der Waals surface area contributed by atoms with Crippen LogP contribution in [0.3, 0.4) is 0 Å². The zero-order chi connectivity index (χ0) is 41.8. The van der Waals surface area contributed by atoms with Crippen molar-refractivity contribution in [2.75, 3.05) is 0 Å². The third kappa shape index (κ3) is 5.61. The molecule has 0 unspecified atom stereocenters. The Bertz CT molecular complexity index is 3880. The van der Waals surface area contributed by atoms with Gasteiger partial charge in [-0.1, -0.05) is 190 Å². The van der Waals surface area contributed by atoms with Crippen molar-refractivity contribution in [3.05, 3.63) is 230 Å². The molecule has 12 aromatic rings. The SMILES string of the molecule is CC1(C)c2ccccc2-c2ccc(-c3ccc4ccc5c6cc(-c7ccc8cc(-c9cccc(-c%10cc%11ccccc%11c%11ccccc%10%11)c9)ccc8c7)ccc6ccc5c4c3)cc21. The molecule has 0 fully saturated rings. The number of benzene rings is 12. The Morgan fingerprint density at radius 1 is 0.222 bits per heavy atom. The highest BCUT2D eigenvalue weighted by Gasteiger charge is 2.35. The summed E-state index contributed by atoms with van der Waals surface area (Å²) < 4.78 is 0. The molecule has 0 nitrogen and oxygen atoms in total. The lowest BCUT2D eigenvalue weighted by Gasteiger charge is -2.22. The summed E-state index contributed by atoms with van der Waals surface area (Å²) in [5.74, 6) is 0. The molecule has 63 heavy (non-hydrogen) atoms. The average molecular weight is 799 g/mol. The molecular weight excluding hydrogens is 757 g/mol. The van der Waals surface area contributed by atoms with Crippen LogP contribution in [0.15, 0.2) is 218 Å². The highest BCUT2D eigenvalue weighted by molar-refractivity contribution is 6.18. The van der Waals surface area contributed by atoms with Gasteiger partial charge in [-0.05, 0) is 174 Å². The van der Waals surface area contributed by atoms with Crippen molar-refractivity contribution in [3.63, 3.8) is 0 Å². The van der Waals surface area contributed by atoms with Gasteiger partial charge >= 0.3 is 0 Å². The maximum Gasteiger partial charge on any atom is 0.0159 e. The number of hydrogen-bond acceptors (Lipinski definition) is 0. The summed E-state index contributed by atoms with van der Waals surface area (Å²) in [4.78, 5) is 0. The van der Waals surface area contributed by atoms with Gasteiger partial charge in [-0.25, -0.2) is 0 Å². The van der Waals surface area contributed by atoms with Crippen LogP contribution in [0.4, 0.5) is 0 Å². The van der Waals surface area contributed by atoms with Gasteiger partial charge in [-0.2, -0.15) is 0 Å². The minimum atomic E-state index is -0.0293. The summed E-state index contributed by atoms with van der Waals surface area (Å²) in [5, 5.41) is 15.3. The first-order valence-electron chi connectivity index (χ1n) is 22.1. The first kappa shape index (κ1) is 35.9. The molecule has 294 valence electrons. The van der Waals surface area contributed by atoms with Gasteiger partial charge < -0.3 is 0 Å². The van der Waals surface area contributed by atoms with Crippen LogP contribution in [0, 0.1) is 0 Å². The largest absolute Gasteiger partial charge is 0.0619 e. The zero-order valence-corrected chi connectivity index (χ0v) is 35.3. The summed E-state index contributed by atoms with van der Waals surface area (Å²) in [7, 11) is 0. The molecule has 0 spiro atoms. The summed E-state index contributed by atoms with van der Waals surface area (Å²) in [6.07, 6.45) is 0. The Balaban J connectivity index is 0.847. The van der Waals surface area contributed by atoms with Crippen molar-refractivity contribution in [3.8, 4) is 55.6 Å². The third-order valence-corrected chi connectivity index (χ3v) is 14.2. The van der Waals surface area contributed by atoms with Gasteiger partial charge in [0.1, 0.15) is 0 Å². The molecule has 12 aromatic carbocycles. The second-order valence-electron chi connectivity index (χ2n) is 18.1. The van der Waals surface area contributed by atoms with Crippen LogP contribution in [-0.4, -0.2) is 0 Å². The lowest BCUT2D eigenvalue weighted by atomic mass is 9.81. The van der Waals surface area contributed by atoms with Gasteiger partial charge in [0.05, 0.1) is 0 Å². The Morgan fingerprint density at radius 2 is 0.698 bits per heavy atom. The van der Waals surface area contributed by atoms with Gasteiger partial charge in [0.15, 0.2) is 0 Å². The fourth-order valence-corrected chi connectivity index (χ4v) is 10.9. The Hall–Kier alpha value is -7.80. The fourth-order valence-electron chi connectivity index (χ4n) is 10.9.